The maximum Gasteiger partial charge on any atom is 0.253 e. The van der Waals surface area contributed by atoms with E-state index in [0.29, 0.717) is 39.9 Å². The highest BCUT2D eigenvalue weighted by atomic mass is 79.9. The van der Waals surface area contributed by atoms with Crippen molar-refractivity contribution in [2.24, 2.45) is 5.92 Å². The number of carbonyl (C=O) groups is 2. The summed E-state index contributed by atoms with van der Waals surface area (Å²) in [5, 5.41) is 6.12. The van der Waals surface area contributed by atoms with E-state index in [1.54, 1.807) is 18.2 Å². The molecular formula is C21H20BrN3O4S. The van der Waals surface area contributed by atoms with E-state index in [2.05, 4.69) is 31.5 Å². The average molecular weight is 490 g/mol. The number of nitrogens with zero attached hydrogens (tertiary/aromatic N) is 1. The van der Waals surface area contributed by atoms with Crippen molar-refractivity contribution in [3.05, 3.63) is 46.4 Å². The second-order valence-corrected chi connectivity index (χ2v) is 9.03. The van der Waals surface area contributed by atoms with Crippen LogP contribution < -0.4 is 20.1 Å². The first kappa shape index (κ1) is 20.6. The molecule has 1 aliphatic rings. The number of nitrogens with one attached hydrogen (secondary N) is 2. The Hall–Kier alpha value is -2.65. The van der Waals surface area contributed by atoms with Gasteiger partial charge in [0, 0.05) is 16.6 Å². The largest absolute Gasteiger partial charge is 0.486 e. The molecule has 0 radical (unpaired) electrons. The van der Waals surface area contributed by atoms with Gasteiger partial charge in [0.15, 0.2) is 16.6 Å². The van der Waals surface area contributed by atoms with Crippen molar-refractivity contribution in [2.75, 3.05) is 18.5 Å². The van der Waals surface area contributed by atoms with Gasteiger partial charge >= 0.3 is 0 Å². The van der Waals surface area contributed by atoms with Crippen LogP contribution in [-0.4, -0.2) is 36.1 Å². The van der Waals surface area contributed by atoms with E-state index in [4.69, 9.17) is 9.47 Å². The third kappa shape index (κ3) is 4.27. The van der Waals surface area contributed by atoms with Crippen LogP contribution in [-0.2, 0) is 4.79 Å². The molecule has 3 aromatic rings. The van der Waals surface area contributed by atoms with E-state index in [1.165, 1.54) is 11.3 Å². The molecule has 0 saturated carbocycles. The number of halogens is 1. The highest BCUT2D eigenvalue weighted by molar-refractivity contribution is 9.10. The zero-order valence-electron chi connectivity index (χ0n) is 16.4. The van der Waals surface area contributed by atoms with Gasteiger partial charge in [0.25, 0.3) is 5.91 Å². The molecule has 1 aliphatic heterocycles. The number of rotatable bonds is 5. The van der Waals surface area contributed by atoms with Gasteiger partial charge in [-0.25, -0.2) is 4.98 Å². The molecule has 1 aromatic heterocycles. The first-order chi connectivity index (χ1) is 14.4. The Kier molecular flexibility index (Phi) is 5.92. The number of fused-ring (bicyclic) bond motifs is 2. The molecule has 0 unspecified atom stereocenters. The normalized spacial score (nSPS) is 13.9. The Balaban J connectivity index is 1.51. The number of thiazole rings is 1. The summed E-state index contributed by atoms with van der Waals surface area (Å²) in [7, 11) is 0. The minimum Gasteiger partial charge on any atom is -0.486 e. The summed E-state index contributed by atoms with van der Waals surface area (Å²) < 4.78 is 12.7. The quantitative estimate of drug-likeness (QED) is 0.559. The lowest BCUT2D eigenvalue weighted by Crippen LogP contribution is -2.47. The molecule has 2 amide bonds. The van der Waals surface area contributed by atoms with Crippen molar-refractivity contribution in [3.63, 3.8) is 0 Å². The molecule has 30 heavy (non-hydrogen) atoms. The van der Waals surface area contributed by atoms with Crippen molar-refractivity contribution in [1.29, 1.82) is 0 Å². The Labute approximate surface area is 185 Å². The second-order valence-electron chi connectivity index (χ2n) is 7.15. The van der Waals surface area contributed by atoms with Gasteiger partial charge in [-0.2, -0.15) is 0 Å². The molecular weight excluding hydrogens is 470 g/mol. The van der Waals surface area contributed by atoms with Crippen molar-refractivity contribution in [1.82, 2.24) is 10.3 Å². The van der Waals surface area contributed by atoms with Gasteiger partial charge < -0.3 is 20.1 Å². The average Bonchev–Trinajstić information content (AvgIpc) is 3.10. The summed E-state index contributed by atoms with van der Waals surface area (Å²) in [6.07, 6.45) is 0. The van der Waals surface area contributed by atoms with Gasteiger partial charge in [-0.1, -0.05) is 37.3 Å². The van der Waals surface area contributed by atoms with Crippen LogP contribution in [0, 0.1) is 5.92 Å². The zero-order valence-corrected chi connectivity index (χ0v) is 18.8. The van der Waals surface area contributed by atoms with Crippen LogP contribution in [0.25, 0.3) is 10.2 Å². The third-order valence-electron chi connectivity index (χ3n) is 4.64. The van der Waals surface area contributed by atoms with Crippen LogP contribution in [0.3, 0.4) is 0 Å². The van der Waals surface area contributed by atoms with Gasteiger partial charge in [0.05, 0.1) is 15.8 Å². The number of carbonyl (C=O) groups excluding carboxylic acids is 2. The maximum absolute atomic E-state index is 12.9. The number of ether oxygens (including phenoxy) is 2. The fraction of sp³-hybridized carbons (Fsp3) is 0.286. The summed E-state index contributed by atoms with van der Waals surface area (Å²) >= 11 is 4.72. The SMILES string of the molecule is CC(C)[C@H](NC(=O)c1ccccc1Br)C(=O)Nc1nc2cc3c(cc2s1)OCCO3. The van der Waals surface area contributed by atoms with E-state index >= 15 is 0 Å². The standard InChI is InChI=1S/C21H20BrN3O4S/c1-11(2)18(24-19(26)12-5-3-4-6-13(12)22)20(27)25-21-23-14-9-15-16(10-17(14)30-21)29-8-7-28-15/h3-6,9-11,18H,7-8H2,1-2H3,(H,24,26)(H,23,25,27)/t18-/m0/s1. The zero-order chi connectivity index (χ0) is 21.3. The molecule has 7 nitrogen and oxygen atoms in total. The minimum absolute atomic E-state index is 0.111. The highest BCUT2D eigenvalue weighted by Crippen LogP contribution is 2.37. The summed E-state index contributed by atoms with van der Waals surface area (Å²) in [6.45, 7) is 4.77. The summed E-state index contributed by atoms with van der Waals surface area (Å²) in [5.74, 6) is 0.581. The van der Waals surface area contributed by atoms with E-state index in [9.17, 15) is 9.59 Å². The summed E-state index contributed by atoms with van der Waals surface area (Å²) in [6, 6.07) is 10.1. The first-order valence-corrected chi connectivity index (χ1v) is 11.1. The van der Waals surface area contributed by atoms with E-state index in [0.717, 1.165) is 10.2 Å². The Morgan fingerprint density at radius 1 is 1.13 bits per heavy atom. The van der Waals surface area contributed by atoms with Gasteiger partial charge in [-0.15, -0.1) is 0 Å². The number of benzene rings is 2. The van der Waals surface area contributed by atoms with Crippen LogP contribution in [0.15, 0.2) is 40.9 Å². The Morgan fingerprint density at radius 3 is 2.53 bits per heavy atom. The molecule has 2 N–H and O–H groups in total. The number of amides is 2. The molecule has 0 fully saturated rings. The van der Waals surface area contributed by atoms with Crippen LogP contribution in [0.2, 0.25) is 0 Å². The second kappa shape index (κ2) is 8.61. The van der Waals surface area contributed by atoms with Gasteiger partial charge in [0.2, 0.25) is 5.91 Å². The Morgan fingerprint density at radius 2 is 1.83 bits per heavy atom. The van der Waals surface area contributed by atoms with Crippen LogP contribution in [0.1, 0.15) is 24.2 Å². The van der Waals surface area contributed by atoms with E-state index < -0.39 is 6.04 Å². The lowest BCUT2D eigenvalue weighted by atomic mass is 10.0. The predicted octanol–water partition coefficient (Wildman–Crippen LogP) is 4.22. The highest BCUT2D eigenvalue weighted by Gasteiger charge is 2.26. The smallest absolute Gasteiger partial charge is 0.253 e. The lowest BCUT2D eigenvalue weighted by Gasteiger charge is -2.21. The van der Waals surface area contributed by atoms with Gasteiger partial charge in [-0.05, 0) is 34.0 Å². The van der Waals surface area contributed by atoms with Crippen LogP contribution in [0.4, 0.5) is 5.13 Å². The molecule has 2 aromatic carbocycles. The molecule has 0 aliphatic carbocycles. The first-order valence-electron chi connectivity index (χ1n) is 9.49. The predicted molar refractivity (Wildman–Crippen MR) is 119 cm³/mol. The molecule has 0 saturated heterocycles. The number of hydrogen-bond donors (Lipinski definition) is 2. The van der Waals surface area contributed by atoms with Crippen LogP contribution in [0.5, 0.6) is 11.5 Å². The van der Waals surface area contributed by atoms with Gasteiger partial charge in [-0.3, -0.25) is 9.59 Å². The van der Waals surface area contributed by atoms with Gasteiger partial charge in [0.1, 0.15) is 19.3 Å². The molecule has 9 heteroatoms. The van der Waals surface area contributed by atoms with E-state index in [1.807, 2.05) is 32.0 Å². The Bertz CT molecular complexity index is 1070. The summed E-state index contributed by atoms with van der Waals surface area (Å²) in [4.78, 5) is 30.1. The van der Waals surface area contributed by atoms with E-state index in [-0.39, 0.29) is 17.7 Å². The topological polar surface area (TPSA) is 89.6 Å². The van der Waals surface area contributed by atoms with Crippen LogP contribution >= 0.6 is 27.3 Å². The fourth-order valence-electron chi connectivity index (χ4n) is 3.10. The lowest BCUT2D eigenvalue weighted by molar-refractivity contribution is -0.118. The van der Waals surface area contributed by atoms with Crippen molar-refractivity contribution in [3.8, 4) is 11.5 Å². The van der Waals surface area contributed by atoms with Crippen molar-refractivity contribution < 1.29 is 19.1 Å². The molecule has 2 heterocycles. The fourth-order valence-corrected chi connectivity index (χ4v) is 4.44. The molecule has 0 bridgehead atoms. The number of hydrogen-bond acceptors (Lipinski definition) is 6. The number of anilines is 1. The molecule has 156 valence electrons. The summed E-state index contributed by atoms with van der Waals surface area (Å²) in [5.41, 5.74) is 1.19. The van der Waals surface area contributed by atoms with Crippen molar-refractivity contribution in [2.45, 2.75) is 19.9 Å². The molecule has 0 spiro atoms. The molecule has 4 rings (SSSR count). The monoisotopic (exact) mass is 489 g/mol. The minimum atomic E-state index is -0.712. The third-order valence-corrected chi connectivity index (χ3v) is 6.26. The number of aromatic nitrogens is 1. The maximum atomic E-state index is 12.9. The molecule has 1 atom stereocenters. The van der Waals surface area contributed by atoms with Crippen molar-refractivity contribution >= 4 is 54.4 Å².